The van der Waals surface area contributed by atoms with E-state index in [-0.39, 0.29) is 30.3 Å². The number of aliphatic hydroxyl groups excluding tert-OH is 1. The van der Waals surface area contributed by atoms with Crippen LogP contribution in [0.15, 0.2) is 36.1 Å². The van der Waals surface area contributed by atoms with E-state index in [0.717, 1.165) is 6.08 Å². The Kier molecular flexibility index (Phi) is 4.08. The molecular formula is C15H16O5. The highest BCUT2D eigenvalue weighted by atomic mass is 16.5. The van der Waals surface area contributed by atoms with Crippen molar-refractivity contribution in [2.75, 3.05) is 6.61 Å². The number of aliphatic hydroxyl groups is 1. The van der Waals surface area contributed by atoms with Gasteiger partial charge in [-0.25, -0.2) is 0 Å². The van der Waals surface area contributed by atoms with Crippen LogP contribution in [-0.4, -0.2) is 28.6 Å². The quantitative estimate of drug-likeness (QED) is 0.826. The molecule has 1 aromatic rings. The number of phenolic OH excluding ortho intramolecular Hbond substituents is 1. The monoisotopic (exact) mass is 276 g/mol. The Labute approximate surface area is 116 Å². The molecule has 0 spiro atoms. The third-order valence-corrected chi connectivity index (χ3v) is 3.29. The highest BCUT2D eigenvalue weighted by Gasteiger charge is 2.38. The van der Waals surface area contributed by atoms with E-state index in [1.54, 1.807) is 19.1 Å². The van der Waals surface area contributed by atoms with Gasteiger partial charge in [0.1, 0.15) is 17.4 Å². The topological polar surface area (TPSA) is 83.8 Å². The van der Waals surface area contributed by atoms with Gasteiger partial charge in [0, 0.05) is 18.4 Å². The summed E-state index contributed by atoms with van der Waals surface area (Å²) in [7, 11) is 0. The number of carbonyl (C=O) groups excluding carboxylic acids is 2. The molecule has 1 aliphatic carbocycles. The maximum atomic E-state index is 12.0. The van der Waals surface area contributed by atoms with Crippen molar-refractivity contribution >= 4 is 11.8 Å². The van der Waals surface area contributed by atoms with Crippen LogP contribution >= 0.6 is 0 Å². The normalized spacial score (nSPS) is 22.2. The molecule has 5 heteroatoms. The van der Waals surface area contributed by atoms with Crippen LogP contribution in [-0.2, 0) is 14.3 Å². The van der Waals surface area contributed by atoms with E-state index in [0.29, 0.717) is 5.56 Å². The predicted molar refractivity (Wildman–Crippen MR) is 71.3 cm³/mol. The summed E-state index contributed by atoms with van der Waals surface area (Å²) in [5.41, 5.74) is 0.621. The van der Waals surface area contributed by atoms with Crippen LogP contribution in [0.2, 0.25) is 0 Å². The van der Waals surface area contributed by atoms with Gasteiger partial charge in [0.25, 0.3) is 0 Å². The van der Waals surface area contributed by atoms with Crippen LogP contribution in [0.5, 0.6) is 5.75 Å². The second kappa shape index (κ2) is 5.77. The van der Waals surface area contributed by atoms with E-state index in [4.69, 9.17) is 4.74 Å². The number of rotatable bonds is 3. The Bertz CT molecular complexity index is 561. The van der Waals surface area contributed by atoms with Gasteiger partial charge in [-0.15, -0.1) is 0 Å². The van der Waals surface area contributed by atoms with Crippen molar-refractivity contribution in [1.82, 2.24) is 0 Å². The molecule has 0 aromatic heterocycles. The average Bonchev–Trinajstić information content (AvgIpc) is 2.37. The minimum Gasteiger partial charge on any atom is -0.511 e. The summed E-state index contributed by atoms with van der Waals surface area (Å²) in [6.07, 6.45) is 1.16. The highest BCUT2D eigenvalue weighted by molar-refractivity contribution is 5.94. The fourth-order valence-corrected chi connectivity index (χ4v) is 2.44. The van der Waals surface area contributed by atoms with Crippen molar-refractivity contribution in [2.45, 2.75) is 19.3 Å². The van der Waals surface area contributed by atoms with Crippen molar-refractivity contribution in [2.24, 2.45) is 5.92 Å². The number of ether oxygens (including phenoxy) is 1. The van der Waals surface area contributed by atoms with Crippen molar-refractivity contribution in [3.63, 3.8) is 0 Å². The van der Waals surface area contributed by atoms with Gasteiger partial charge >= 0.3 is 5.97 Å². The Hall–Kier alpha value is -2.30. The van der Waals surface area contributed by atoms with Crippen LogP contribution in [0, 0.1) is 5.92 Å². The third kappa shape index (κ3) is 2.82. The third-order valence-electron chi connectivity index (χ3n) is 3.29. The predicted octanol–water partition coefficient (Wildman–Crippen LogP) is 2.07. The summed E-state index contributed by atoms with van der Waals surface area (Å²) in [6.45, 7) is 1.87. The zero-order valence-corrected chi connectivity index (χ0v) is 11.1. The van der Waals surface area contributed by atoms with E-state index < -0.39 is 17.8 Å². The summed E-state index contributed by atoms with van der Waals surface area (Å²) in [6, 6.07) is 6.33. The molecule has 0 saturated carbocycles. The van der Waals surface area contributed by atoms with E-state index >= 15 is 0 Å². The molecule has 20 heavy (non-hydrogen) atoms. The molecule has 2 rings (SSSR count). The fraction of sp³-hybridized carbons (Fsp3) is 0.333. The van der Waals surface area contributed by atoms with Crippen LogP contribution in [0.3, 0.4) is 0 Å². The van der Waals surface area contributed by atoms with Gasteiger partial charge < -0.3 is 14.9 Å². The first-order valence-corrected chi connectivity index (χ1v) is 6.42. The molecule has 2 N–H and O–H groups in total. The molecule has 2 unspecified atom stereocenters. The Morgan fingerprint density at radius 3 is 2.80 bits per heavy atom. The van der Waals surface area contributed by atoms with Gasteiger partial charge in [-0.3, -0.25) is 9.59 Å². The molecule has 0 saturated heterocycles. The van der Waals surface area contributed by atoms with E-state index in [2.05, 4.69) is 0 Å². The molecule has 0 heterocycles. The number of hydrogen-bond donors (Lipinski definition) is 2. The Balaban J connectivity index is 2.40. The van der Waals surface area contributed by atoms with Gasteiger partial charge in [-0.1, -0.05) is 12.1 Å². The number of phenols is 1. The number of esters is 1. The largest absolute Gasteiger partial charge is 0.511 e. The lowest BCUT2D eigenvalue weighted by atomic mass is 9.77. The summed E-state index contributed by atoms with van der Waals surface area (Å²) < 4.78 is 4.96. The van der Waals surface area contributed by atoms with Gasteiger partial charge in [0.15, 0.2) is 5.78 Å². The maximum absolute atomic E-state index is 12.0. The number of ketones is 1. The first-order chi connectivity index (χ1) is 9.52. The van der Waals surface area contributed by atoms with Crippen molar-refractivity contribution in [3.8, 4) is 5.75 Å². The van der Waals surface area contributed by atoms with E-state index in [1.165, 1.54) is 12.1 Å². The minimum absolute atomic E-state index is 0.0478. The summed E-state index contributed by atoms with van der Waals surface area (Å²) in [4.78, 5) is 23.6. The molecule has 0 amide bonds. The lowest BCUT2D eigenvalue weighted by Gasteiger charge is -2.28. The first-order valence-electron chi connectivity index (χ1n) is 6.42. The van der Waals surface area contributed by atoms with Gasteiger partial charge in [-0.05, 0) is 24.6 Å². The lowest BCUT2D eigenvalue weighted by molar-refractivity contribution is -0.148. The van der Waals surface area contributed by atoms with E-state index in [1.807, 2.05) is 0 Å². The Morgan fingerprint density at radius 2 is 2.15 bits per heavy atom. The SMILES string of the molecule is CCOC(=O)C1C(O)=CC(=O)CC1c1cccc(O)c1. The van der Waals surface area contributed by atoms with Crippen LogP contribution < -0.4 is 0 Å². The lowest BCUT2D eigenvalue weighted by Crippen LogP contribution is -2.31. The van der Waals surface area contributed by atoms with Gasteiger partial charge in [-0.2, -0.15) is 0 Å². The second-order valence-electron chi connectivity index (χ2n) is 4.67. The van der Waals surface area contributed by atoms with Crippen molar-refractivity contribution in [3.05, 3.63) is 41.7 Å². The molecular weight excluding hydrogens is 260 g/mol. The molecule has 2 atom stereocenters. The molecule has 0 fully saturated rings. The minimum atomic E-state index is -0.908. The molecule has 106 valence electrons. The number of aromatic hydroxyl groups is 1. The zero-order valence-electron chi connectivity index (χ0n) is 11.1. The van der Waals surface area contributed by atoms with Crippen LogP contribution in [0.1, 0.15) is 24.8 Å². The smallest absolute Gasteiger partial charge is 0.317 e. The fourth-order valence-electron chi connectivity index (χ4n) is 2.44. The molecule has 5 nitrogen and oxygen atoms in total. The van der Waals surface area contributed by atoms with Crippen molar-refractivity contribution in [1.29, 1.82) is 0 Å². The zero-order chi connectivity index (χ0) is 14.7. The molecule has 0 radical (unpaired) electrons. The number of benzene rings is 1. The van der Waals surface area contributed by atoms with Crippen LogP contribution in [0.25, 0.3) is 0 Å². The van der Waals surface area contributed by atoms with Gasteiger partial charge in [0.2, 0.25) is 0 Å². The molecule has 0 bridgehead atoms. The number of hydrogen-bond acceptors (Lipinski definition) is 5. The highest BCUT2D eigenvalue weighted by Crippen LogP contribution is 2.37. The van der Waals surface area contributed by atoms with Crippen molar-refractivity contribution < 1.29 is 24.5 Å². The molecule has 1 aliphatic rings. The number of allylic oxidation sites excluding steroid dienone is 1. The molecule has 0 aliphatic heterocycles. The Morgan fingerprint density at radius 1 is 1.40 bits per heavy atom. The maximum Gasteiger partial charge on any atom is 0.317 e. The van der Waals surface area contributed by atoms with Crippen LogP contribution in [0.4, 0.5) is 0 Å². The first kappa shape index (κ1) is 14.1. The second-order valence-corrected chi connectivity index (χ2v) is 4.67. The van der Waals surface area contributed by atoms with Gasteiger partial charge in [0.05, 0.1) is 6.61 Å². The van der Waals surface area contributed by atoms with E-state index in [9.17, 15) is 19.8 Å². The molecule has 1 aromatic carbocycles. The summed E-state index contributed by atoms with van der Waals surface area (Å²) in [5.74, 6) is -2.49. The average molecular weight is 276 g/mol. The standard InChI is InChI=1S/C15H16O5/c1-2-20-15(19)14-12(7-11(17)8-13(14)18)9-4-3-5-10(16)6-9/h3-6,8,12,14,16,18H,2,7H2,1H3. The summed E-state index contributed by atoms with van der Waals surface area (Å²) >= 11 is 0. The number of carbonyl (C=O) groups is 2. The summed E-state index contributed by atoms with van der Waals surface area (Å²) in [5, 5.41) is 19.4.